The second-order valence-electron chi connectivity index (χ2n) is 7.38. The summed E-state index contributed by atoms with van der Waals surface area (Å²) in [5.41, 5.74) is 0.140. The zero-order valence-electron chi connectivity index (χ0n) is 14.1. The maximum Gasteiger partial charge on any atom is 0.220 e. The number of nitrogens with one attached hydrogen (secondary N) is 1. The van der Waals surface area contributed by atoms with E-state index in [4.69, 9.17) is 0 Å². The summed E-state index contributed by atoms with van der Waals surface area (Å²) in [7, 11) is 1.59. The van der Waals surface area contributed by atoms with E-state index in [1.165, 1.54) is 12.8 Å². The molecule has 0 heterocycles. The third-order valence-electron chi connectivity index (χ3n) is 3.74. The summed E-state index contributed by atoms with van der Waals surface area (Å²) in [6.45, 7) is 14.1. The summed E-state index contributed by atoms with van der Waals surface area (Å²) >= 11 is 4.36. The largest absolute Gasteiger partial charge is 0.356 e. The van der Waals surface area contributed by atoms with Gasteiger partial charge in [-0.05, 0) is 38.0 Å². The summed E-state index contributed by atoms with van der Waals surface area (Å²) in [6.07, 6.45) is 5.08. The van der Waals surface area contributed by atoms with E-state index in [1.54, 1.807) is 10.8 Å². The molecule has 1 N–H and O–H groups in total. The van der Waals surface area contributed by atoms with Gasteiger partial charge in [-0.15, -0.1) is 11.7 Å². The standard InChI is InChI=1S/C16H33NOS2/c1-7-8-9-10-17-14(18)11-13(15(2,3)4)12-16(5,6)20-19/h13,19H,7-12H2,1-6H3,(H,17,18). The first-order valence-electron chi connectivity index (χ1n) is 7.71. The highest BCUT2D eigenvalue weighted by Crippen LogP contribution is 2.41. The number of amides is 1. The second kappa shape index (κ2) is 9.24. The Balaban J connectivity index is 4.41. The van der Waals surface area contributed by atoms with Gasteiger partial charge in [0.25, 0.3) is 0 Å². The Hall–Kier alpha value is 0.170. The number of carbonyl (C=O) groups excluding carboxylic acids is 1. The molecule has 120 valence electrons. The summed E-state index contributed by atoms with van der Waals surface area (Å²) in [6, 6.07) is 0. The van der Waals surface area contributed by atoms with Crippen LogP contribution in [0, 0.1) is 11.3 Å². The van der Waals surface area contributed by atoms with Gasteiger partial charge in [0.15, 0.2) is 0 Å². The molecule has 0 rings (SSSR count). The van der Waals surface area contributed by atoms with Crippen LogP contribution in [0.25, 0.3) is 0 Å². The lowest BCUT2D eigenvalue weighted by atomic mass is 9.74. The van der Waals surface area contributed by atoms with E-state index in [1.807, 2.05) is 0 Å². The molecule has 0 aliphatic rings. The Labute approximate surface area is 135 Å². The number of hydrogen-bond donors (Lipinski definition) is 2. The van der Waals surface area contributed by atoms with Crippen LogP contribution in [0.3, 0.4) is 0 Å². The molecule has 2 nitrogen and oxygen atoms in total. The molecule has 1 unspecified atom stereocenters. The average molecular weight is 320 g/mol. The lowest BCUT2D eigenvalue weighted by Crippen LogP contribution is -2.34. The molecule has 4 heteroatoms. The van der Waals surface area contributed by atoms with E-state index in [9.17, 15) is 4.79 Å². The molecular formula is C16H33NOS2. The molecule has 0 bridgehead atoms. The molecule has 0 saturated carbocycles. The predicted molar refractivity (Wildman–Crippen MR) is 95.4 cm³/mol. The molecule has 0 aliphatic carbocycles. The fourth-order valence-electron chi connectivity index (χ4n) is 2.21. The van der Waals surface area contributed by atoms with E-state index in [-0.39, 0.29) is 16.1 Å². The van der Waals surface area contributed by atoms with Crippen molar-refractivity contribution in [3.63, 3.8) is 0 Å². The molecule has 0 aromatic heterocycles. The van der Waals surface area contributed by atoms with Gasteiger partial charge in [-0.3, -0.25) is 4.79 Å². The molecule has 0 aliphatic heterocycles. The molecule has 0 saturated heterocycles. The van der Waals surface area contributed by atoms with Gasteiger partial charge in [-0.1, -0.05) is 51.3 Å². The van der Waals surface area contributed by atoms with Gasteiger partial charge in [0.2, 0.25) is 5.91 Å². The van der Waals surface area contributed by atoms with Crippen molar-refractivity contribution >= 4 is 28.4 Å². The summed E-state index contributed by atoms with van der Waals surface area (Å²) in [4.78, 5) is 12.1. The van der Waals surface area contributed by atoms with E-state index in [2.05, 4.69) is 58.5 Å². The summed E-state index contributed by atoms with van der Waals surface area (Å²) in [5.74, 6) is 0.573. The maximum atomic E-state index is 12.1. The van der Waals surface area contributed by atoms with Crippen LogP contribution in [-0.2, 0) is 4.79 Å². The highest BCUT2D eigenvalue weighted by atomic mass is 33.1. The maximum absolute atomic E-state index is 12.1. The molecule has 0 spiro atoms. The lowest BCUT2D eigenvalue weighted by Gasteiger charge is -2.35. The van der Waals surface area contributed by atoms with Crippen LogP contribution in [0.1, 0.15) is 73.6 Å². The Bertz CT molecular complexity index is 285. The van der Waals surface area contributed by atoms with Gasteiger partial charge >= 0.3 is 0 Å². The molecule has 0 aromatic carbocycles. The molecule has 20 heavy (non-hydrogen) atoms. The van der Waals surface area contributed by atoms with Crippen LogP contribution in [0.2, 0.25) is 0 Å². The highest BCUT2D eigenvalue weighted by molar-refractivity contribution is 8.69. The normalized spacial score (nSPS) is 14.2. The fourth-order valence-corrected chi connectivity index (χ4v) is 2.71. The van der Waals surface area contributed by atoms with Gasteiger partial charge < -0.3 is 5.32 Å². The monoisotopic (exact) mass is 319 g/mol. The minimum Gasteiger partial charge on any atom is -0.356 e. The topological polar surface area (TPSA) is 29.1 Å². The first-order valence-corrected chi connectivity index (χ1v) is 9.58. The summed E-state index contributed by atoms with van der Waals surface area (Å²) in [5, 5.41) is 3.06. The first-order chi connectivity index (χ1) is 9.12. The quantitative estimate of drug-likeness (QED) is 0.352. The minimum absolute atomic E-state index is 0.101. The van der Waals surface area contributed by atoms with Gasteiger partial charge in [-0.2, -0.15) is 0 Å². The second-order valence-corrected chi connectivity index (χ2v) is 9.21. The van der Waals surface area contributed by atoms with Crippen molar-refractivity contribution in [1.29, 1.82) is 0 Å². The average Bonchev–Trinajstić information content (AvgIpc) is 2.32. The minimum atomic E-state index is 0.101. The molecular weight excluding hydrogens is 286 g/mol. The van der Waals surface area contributed by atoms with Crippen LogP contribution in [0.5, 0.6) is 0 Å². The fraction of sp³-hybridized carbons (Fsp3) is 0.938. The Morgan fingerprint density at radius 1 is 1.20 bits per heavy atom. The van der Waals surface area contributed by atoms with E-state index < -0.39 is 0 Å². The van der Waals surface area contributed by atoms with Crippen molar-refractivity contribution in [2.75, 3.05) is 6.54 Å². The number of unbranched alkanes of at least 4 members (excludes halogenated alkanes) is 2. The molecule has 1 atom stereocenters. The number of hydrogen-bond acceptors (Lipinski definition) is 3. The molecule has 0 fully saturated rings. The SMILES string of the molecule is CCCCCNC(=O)CC(CC(C)(C)SS)C(C)(C)C. The van der Waals surface area contributed by atoms with Crippen molar-refractivity contribution in [2.24, 2.45) is 11.3 Å². The molecule has 0 radical (unpaired) electrons. The van der Waals surface area contributed by atoms with Gasteiger partial charge in [0, 0.05) is 17.7 Å². The van der Waals surface area contributed by atoms with Gasteiger partial charge in [0.1, 0.15) is 0 Å². The van der Waals surface area contributed by atoms with E-state index in [0.29, 0.717) is 12.3 Å². The first kappa shape index (κ1) is 20.2. The van der Waals surface area contributed by atoms with Crippen molar-refractivity contribution in [1.82, 2.24) is 5.32 Å². The zero-order valence-corrected chi connectivity index (χ0v) is 15.8. The van der Waals surface area contributed by atoms with E-state index >= 15 is 0 Å². The Morgan fingerprint density at radius 3 is 2.25 bits per heavy atom. The lowest BCUT2D eigenvalue weighted by molar-refractivity contribution is -0.123. The molecule has 0 aromatic rings. The predicted octanol–water partition coefficient (Wildman–Crippen LogP) is 5.09. The van der Waals surface area contributed by atoms with Gasteiger partial charge in [-0.25, -0.2) is 0 Å². The third kappa shape index (κ3) is 9.17. The van der Waals surface area contributed by atoms with Crippen LogP contribution in [-0.4, -0.2) is 17.2 Å². The Kier molecular flexibility index (Phi) is 9.32. The van der Waals surface area contributed by atoms with Crippen LogP contribution < -0.4 is 5.32 Å². The van der Waals surface area contributed by atoms with Gasteiger partial charge in [0.05, 0.1) is 0 Å². The number of thiol groups is 1. The van der Waals surface area contributed by atoms with Crippen LogP contribution in [0.4, 0.5) is 0 Å². The van der Waals surface area contributed by atoms with Crippen LogP contribution in [0.15, 0.2) is 0 Å². The van der Waals surface area contributed by atoms with Crippen molar-refractivity contribution in [3.8, 4) is 0 Å². The Morgan fingerprint density at radius 2 is 1.80 bits per heavy atom. The van der Waals surface area contributed by atoms with Crippen molar-refractivity contribution in [3.05, 3.63) is 0 Å². The van der Waals surface area contributed by atoms with Crippen molar-refractivity contribution in [2.45, 2.75) is 78.4 Å². The van der Waals surface area contributed by atoms with Crippen LogP contribution >= 0.6 is 22.5 Å². The smallest absolute Gasteiger partial charge is 0.220 e. The summed E-state index contributed by atoms with van der Waals surface area (Å²) < 4.78 is 0.101. The highest BCUT2D eigenvalue weighted by Gasteiger charge is 2.32. The zero-order chi connectivity index (χ0) is 15.8. The number of rotatable bonds is 9. The molecule has 1 amide bonds. The van der Waals surface area contributed by atoms with Crippen molar-refractivity contribution < 1.29 is 4.79 Å². The third-order valence-corrected chi connectivity index (χ3v) is 5.89. The number of carbonyl (C=O) groups is 1. The van der Waals surface area contributed by atoms with E-state index in [0.717, 1.165) is 19.4 Å².